The first-order valence-corrected chi connectivity index (χ1v) is 6.18. The molecule has 0 bridgehead atoms. The summed E-state index contributed by atoms with van der Waals surface area (Å²) >= 11 is 0. The van der Waals surface area contributed by atoms with E-state index in [2.05, 4.69) is 36.1 Å². The Labute approximate surface area is 107 Å². The van der Waals surface area contributed by atoms with Crippen molar-refractivity contribution in [2.75, 3.05) is 0 Å². The molecule has 0 amide bonds. The Kier molecular flexibility index (Phi) is 3.73. The maximum absolute atomic E-state index is 9.03. The van der Waals surface area contributed by atoms with Crippen LogP contribution >= 0.6 is 0 Å². The van der Waals surface area contributed by atoms with E-state index in [0.29, 0.717) is 12.2 Å². The van der Waals surface area contributed by atoms with E-state index in [1.807, 2.05) is 16.8 Å². The van der Waals surface area contributed by atoms with Crippen LogP contribution in [0.25, 0.3) is 0 Å². The maximum Gasteiger partial charge on any atom is 0.145 e. The summed E-state index contributed by atoms with van der Waals surface area (Å²) < 4.78 is 1.97. The van der Waals surface area contributed by atoms with Gasteiger partial charge < -0.3 is 0 Å². The lowest BCUT2D eigenvalue weighted by molar-refractivity contribution is 0.638. The quantitative estimate of drug-likeness (QED) is 0.824. The van der Waals surface area contributed by atoms with Crippen LogP contribution in [-0.4, -0.2) is 14.8 Å². The van der Waals surface area contributed by atoms with Crippen molar-refractivity contribution in [3.05, 3.63) is 47.0 Å². The fourth-order valence-electron chi connectivity index (χ4n) is 1.94. The highest BCUT2D eigenvalue weighted by molar-refractivity contribution is 5.31. The topological polar surface area (TPSA) is 54.5 Å². The first kappa shape index (κ1) is 12.3. The number of hydrogen-bond acceptors (Lipinski definition) is 3. The third kappa shape index (κ3) is 2.40. The highest BCUT2D eigenvalue weighted by Gasteiger charge is 2.08. The van der Waals surface area contributed by atoms with Crippen LogP contribution in [0.2, 0.25) is 0 Å². The molecule has 18 heavy (non-hydrogen) atoms. The monoisotopic (exact) mass is 240 g/mol. The lowest BCUT2D eigenvalue weighted by Crippen LogP contribution is -2.08. The van der Waals surface area contributed by atoms with E-state index in [-0.39, 0.29) is 0 Å². The number of nitrogens with zero attached hydrogens (tertiary/aromatic N) is 4. The van der Waals surface area contributed by atoms with Crippen molar-refractivity contribution in [1.82, 2.24) is 14.8 Å². The third-order valence-electron chi connectivity index (χ3n) is 2.96. The molecule has 0 atom stereocenters. The zero-order chi connectivity index (χ0) is 13.0. The summed E-state index contributed by atoms with van der Waals surface area (Å²) in [6.07, 6.45) is 3.51. The van der Waals surface area contributed by atoms with Crippen molar-refractivity contribution in [2.24, 2.45) is 0 Å². The first-order chi connectivity index (χ1) is 8.78. The normalized spacial score (nSPS) is 10.3. The molecule has 2 heterocycles. The van der Waals surface area contributed by atoms with Crippen LogP contribution in [0.1, 0.15) is 36.5 Å². The molecule has 0 aliphatic rings. The van der Waals surface area contributed by atoms with Gasteiger partial charge in [-0.3, -0.25) is 4.68 Å². The summed E-state index contributed by atoms with van der Waals surface area (Å²) in [5.41, 5.74) is 3.68. The first-order valence-electron chi connectivity index (χ1n) is 6.18. The molecule has 0 N–H and O–H groups in total. The van der Waals surface area contributed by atoms with Gasteiger partial charge in [0.2, 0.25) is 0 Å². The Hall–Kier alpha value is -2.15. The van der Waals surface area contributed by atoms with Gasteiger partial charge in [0.15, 0.2) is 0 Å². The summed E-state index contributed by atoms with van der Waals surface area (Å²) in [5, 5.41) is 13.6. The van der Waals surface area contributed by atoms with E-state index in [1.54, 1.807) is 6.20 Å². The van der Waals surface area contributed by atoms with E-state index >= 15 is 0 Å². The van der Waals surface area contributed by atoms with Gasteiger partial charge in [0.1, 0.15) is 11.8 Å². The van der Waals surface area contributed by atoms with Gasteiger partial charge in [-0.15, -0.1) is 0 Å². The molecular formula is C14H16N4. The second-order valence-electron chi connectivity index (χ2n) is 4.11. The van der Waals surface area contributed by atoms with Gasteiger partial charge in [0, 0.05) is 17.5 Å². The number of aryl methyl sites for hydroxylation is 2. The summed E-state index contributed by atoms with van der Waals surface area (Å²) in [4.78, 5) is 4.07. The highest BCUT2D eigenvalue weighted by Crippen LogP contribution is 2.11. The SMILES string of the molecule is CCc1cc(CC)n(Cc2cccnc2C#N)n1. The molecule has 0 fully saturated rings. The molecule has 0 aliphatic carbocycles. The van der Waals surface area contributed by atoms with Crippen molar-refractivity contribution in [3.63, 3.8) is 0 Å². The van der Waals surface area contributed by atoms with Crippen molar-refractivity contribution in [3.8, 4) is 6.07 Å². The largest absolute Gasteiger partial charge is 0.265 e. The summed E-state index contributed by atoms with van der Waals surface area (Å²) in [5.74, 6) is 0. The minimum absolute atomic E-state index is 0.480. The smallest absolute Gasteiger partial charge is 0.145 e. The Balaban J connectivity index is 2.34. The van der Waals surface area contributed by atoms with E-state index in [1.165, 1.54) is 5.69 Å². The summed E-state index contributed by atoms with van der Waals surface area (Å²) in [6, 6.07) is 8.03. The van der Waals surface area contributed by atoms with Gasteiger partial charge in [-0.1, -0.05) is 19.9 Å². The standard InChI is InChI=1S/C14H16N4/c1-3-12-8-13(4-2)18(17-12)10-11-6-5-7-16-14(11)9-15/h5-8H,3-4,10H2,1-2H3. The zero-order valence-electron chi connectivity index (χ0n) is 10.7. The summed E-state index contributed by atoms with van der Waals surface area (Å²) in [6.45, 7) is 4.82. The molecule has 4 nitrogen and oxygen atoms in total. The van der Waals surface area contributed by atoms with Gasteiger partial charge in [0.05, 0.1) is 12.2 Å². The summed E-state index contributed by atoms with van der Waals surface area (Å²) in [7, 11) is 0. The molecule has 0 spiro atoms. The molecule has 2 aromatic heterocycles. The molecule has 0 unspecified atom stereocenters. The van der Waals surface area contributed by atoms with Crippen LogP contribution in [0.3, 0.4) is 0 Å². The maximum atomic E-state index is 9.03. The van der Waals surface area contributed by atoms with Gasteiger partial charge in [-0.25, -0.2) is 4.98 Å². The lowest BCUT2D eigenvalue weighted by atomic mass is 10.2. The van der Waals surface area contributed by atoms with Crippen LogP contribution in [0, 0.1) is 11.3 Å². The minimum Gasteiger partial charge on any atom is -0.265 e. The number of hydrogen-bond donors (Lipinski definition) is 0. The van der Waals surface area contributed by atoms with Crippen LogP contribution < -0.4 is 0 Å². The molecule has 2 aromatic rings. The molecule has 0 aromatic carbocycles. The van der Waals surface area contributed by atoms with Crippen molar-refractivity contribution >= 4 is 0 Å². The van der Waals surface area contributed by atoms with Crippen LogP contribution in [-0.2, 0) is 19.4 Å². The van der Waals surface area contributed by atoms with Crippen LogP contribution in [0.4, 0.5) is 0 Å². The van der Waals surface area contributed by atoms with Crippen molar-refractivity contribution in [1.29, 1.82) is 5.26 Å². The van der Waals surface area contributed by atoms with Gasteiger partial charge in [-0.2, -0.15) is 10.4 Å². The van der Waals surface area contributed by atoms with E-state index in [4.69, 9.17) is 5.26 Å². The molecule has 92 valence electrons. The fourth-order valence-corrected chi connectivity index (χ4v) is 1.94. The average Bonchev–Trinajstić information content (AvgIpc) is 2.81. The second-order valence-corrected chi connectivity index (χ2v) is 4.11. The lowest BCUT2D eigenvalue weighted by Gasteiger charge is -2.06. The Bertz CT molecular complexity index is 578. The van der Waals surface area contributed by atoms with Crippen LogP contribution in [0.5, 0.6) is 0 Å². The van der Waals surface area contributed by atoms with Crippen LogP contribution in [0.15, 0.2) is 24.4 Å². The predicted molar refractivity (Wildman–Crippen MR) is 69.0 cm³/mol. The molecule has 2 rings (SSSR count). The van der Waals surface area contributed by atoms with E-state index in [0.717, 1.165) is 24.1 Å². The molecule has 0 aliphatic heterocycles. The molecule has 0 radical (unpaired) electrons. The fraction of sp³-hybridized carbons (Fsp3) is 0.357. The van der Waals surface area contributed by atoms with E-state index < -0.39 is 0 Å². The molecular weight excluding hydrogens is 224 g/mol. The number of nitriles is 1. The number of pyridine rings is 1. The molecule has 4 heteroatoms. The highest BCUT2D eigenvalue weighted by atomic mass is 15.3. The van der Waals surface area contributed by atoms with Gasteiger partial charge in [0.25, 0.3) is 0 Å². The number of aromatic nitrogens is 3. The Morgan fingerprint density at radius 1 is 1.33 bits per heavy atom. The minimum atomic E-state index is 0.480. The zero-order valence-corrected chi connectivity index (χ0v) is 10.7. The van der Waals surface area contributed by atoms with Crippen molar-refractivity contribution < 1.29 is 0 Å². The second kappa shape index (κ2) is 5.46. The number of rotatable bonds is 4. The van der Waals surface area contributed by atoms with E-state index in [9.17, 15) is 0 Å². The third-order valence-corrected chi connectivity index (χ3v) is 2.96. The molecule has 0 saturated carbocycles. The van der Waals surface area contributed by atoms with Crippen molar-refractivity contribution in [2.45, 2.75) is 33.2 Å². The predicted octanol–water partition coefficient (Wildman–Crippen LogP) is 2.32. The Morgan fingerprint density at radius 2 is 2.17 bits per heavy atom. The average molecular weight is 240 g/mol. The van der Waals surface area contributed by atoms with Gasteiger partial charge in [-0.05, 0) is 25.0 Å². The molecule has 0 saturated heterocycles. The Morgan fingerprint density at radius 3 is 2.83 bits per heavy atom. The van der Waals surface area contributed by atoms with Gasteiger partial charge >= 0.3 is 0 Å².